The van der Waals surface area contributed by atoms with Gasteiger partial charge in [-0.05, 0) is 25.1 Å². The van der Waals surface area contributed by atoms with Gasteiger partial charge in [-0.3, -0.25) is 4.79 Å². The zero-order valence-corrected chi connectivity index (χ0v) is 10.3. The minimum Gasteiger partial charge on any atom is -0.490 e. The van der Waals surface area contributed by atoms with E-state index in [1.807, 2.05) is 31.2 Å². The molecule has 4 nitrogen and oxygen atoms in total. The summed E-state index contributed by atoms with van der Waals surface area (Å²) >= 11 is 0. The normalized spacial score (nSPS) is 10.3. The number of nitrogens with zero attached hydrogens (tertiary/aromatic N) is 1. The molecule has 1 aromatic carbocycles. The lowest BCUT2D eigenvalue weighted by atomic mass is 10.3. The molecule has 18 heavy (non-hydrogen) atoms. The monoisotopic (exact) mass is 244 g/mol. The number of pyridine rings is 1. The summed E-state index contributed by atoms with van der Waals surface area (Å²) in [5.41, 5.74) is 7.28. The summed E-state index contributed by atoms with van der Waals surface area (Å²) in [5, 5.41) is 0. The van der Waals surface area contributed by atoms with Crippen LogP contribution in [0.1, 0.15) is 5.69 Å². The quantitative estimate of drug-likeness (QED) is 0.835. The highest BCUT2D eigenvalue weighted by atomic mass is 16.5. The van der Waals surface area contributed by atoms with Crippen molar-refractivity contribution < 1.29 is 4.74 Å². The van der Waals surface area contributed by atoms with Crippen molar-refractivity contribution in [2.75, 3.05) is 12.3 Å². The lowest BCUT2D eigenvalue weighted by molar-refractivity contribution is 0.296. The van der Waals surface area contributed by atoms with Crippen molar-refractivity contribution in [1.82, 2.24) is 4.57 Å². The number of benzene rings is 1. The summed E-state index contributed by atoms with van der Waals surface area (Å²) in [6.45, 7) is 2.83. The zero-order chi connectivity index (χ0) is 13.0. The second kappa shape index (κ2) is 5.40. The van der Waals surface area contributed by atoms with Crippen LogP contribution in [0.15, 0.2) is 47.3 Å². The Morgan fingerprint density at radius 2 is 1.94 bits per heavy atom. The zero-order valence-electron chi connectivity index (χ0n) is 10.3. The summed E-state index contributed by atoms with van der Waals surface area (Å²) in [5.74, 6) is 0.652. The number of hydrogen-bond acceptors (Lipinski definition) is 3. The summed E-state index contributed by atoms with van der Waals surface area (Å²) in [7, 11) is 0. The lowest BCUT2D eigenvalue weighted by Gasteiger charge is -2.11. The van der Waals surface area contributed by atoms with Crippen molar-refractivity contribution in [2.24, 2.45) is 0 Å². The molecule has 0 spiro atoms. The number of aromatic nitrogens is 1. The predicted octanol–water partition coefficient (Wildman–Crippen LogP) is 1.82. The molecule has 2 aromatic rings. The van der Waals surface area contributed by atoms with E-state index in [9.17, 15) is 4.79 Å². The third kappa shape index (κ3) is 2.71. The van der Waals surface area contributed by atoms with Crippen LogP contribution in [0, 0.1) is 6.92 Å². The van der Waals surface area contributed by atoms with Crippen LogP contribution in [0.5, 0.6) is 5.75 Å². The van der Waals surface area contributed by atoms with E-state index >= 15 is 0 Å². The Balaban J connectivity index is 2.01. The highest BCUT2D eigenvalue weighted by Gasteiger charge is 2.01. The van der Waals surface area contributed by atoms with Gasteiger partial charge in [-0.1, -0.05) is 18.2 Å². The van der Waals surface area contributed by atoms with E-state index in [2.05, 4.69) is 0 Å². The molecule has 0 saturated carbocycles. The van der Waals surface area contributed by atoms with Gasteiger partial charge in [0.15, 0.2) is 0 Å². The second-order valence-corrected chi connectivity index (χ2v) is 4.04. The minimum atomic E-state index is -0.0142. The van der Waals surface area contributed by atoms with Gasteiger partial charge in [-0.2, -0.15) is 0 Å². The van der Waals surface area contributed by atoms with E-state index in [1.54, 1.807) is 22.8 Å². The Morgan fingerprint density at radius 3 is 2.67 bits per heavy atom. The summed E-state index contributed by atoms with van der Waals surface area (Å²) < 4.78 is 7.25. The van der Waals surface area contributed by atoms with Crippen LogP contribution in [0.2, 0.25) is 0 Å². The fourth-order valence-corrected chi connectivity index (χ4v) is 1.77. The first-order valence-electron chi connectivity index (χ1n) is 5.82. The molecule has 2 N–H and O–H groups in total. The Hall–Kier alpha value is -2.23. The number of nitrogens with two attached hydrogens (primary N) is 1. The maximum Gasteiger partial charge on any atom is 0.250 e. The SMILES string of the molecule is Cc1cccc(=O)n1CCOc1ccccc1N. The van der Waals surface area contributed by atoms with Gasteiger partial charge in [-0.25, -0.2) is 0 Å². The van der Waals surface area contributed by atoms with Crippen molar-refractivity contribution in [3.05, 3.63) is 58.5 Å². The lowest BCUT2D eigenvalue weighted by Crippen LogP contribution is -2.24. The Bertz CT molecular complexity index is 590. The first-order chi connectivity index (χ1) is 8.68. The molecular formula is C14H16N2O2. The molecule has 0 atom stereocenters. The molecule has 2 rings (SSSR count). The van der Waals surface area contributed by atoms with Crippen LogP contribution in [-0.4, -0.2) is 11.2 Å². The number of aryl methyl sites for hydroxylation is 1. The fourth-order valence-electron chi connectivity index (χ4n) is 1.77. The number of anilines is 1. The Morgan fingerprint density at radius 1 is 1.17 bits per heavy atom. The number of rotatable bonds is 4. The van der Waals surface area contributed by atoms with Crippen LogP contribution < -0.4 is 16.0 Å². The molecule has 4 heteroatoms. The molecule has 94 valence electrons. The van der Waals surface area contributed by atoms with Crippen molar-refractivity contribution in [1.29, 1.82) is 0 Å². The van der Waals surface area contributed by atoms with Gasteiger partial charge >= 0.3 is 0 Å². The minimum absolute atomic E-state index is 0.0142. The van der Waals surface area contributed by atoms with E-state index in [4.69, 9.17) is 10.5 Å². The van der Waals surface area contributed by atoms with Crippen LogP contribution in [0.4, 0.5) is 5.69 Å². The number of para-hydroxylation sites is 2. The molecule has 0 fully saturated rings. The van der Waals surface area contributed by atoms with Gasteiger partial charge in [0.1, 0.15) is 12.4 Å². The molecule has 0 aliphatic carbocycles. The predicted molar refractivity (Wildman–Crippen MR) is 71.8 cm³/mol. The maximum atomic E-state index is 11.6. The van der Waals surface area contributed by atoms with Crippen LogP contribution >= 0.6 is 0 Å². The van der Waals surface area contributed by atoms with Gasteiger partial charge in [0.05, 0.1) is 12.2 Å². The molecule has 1 aromatic heterocycles. The molecule has 0 amide bonds. The molecular weight excluding hydrogens is 228 g/mol. The van der Waals surface area contributed by atoms with Crippen LogP contribution in [0.25, 0.3) is 0 Å². The third-order valence-corrected chi connectivity index (χ3v) is 2.76. The van der Waals surface area contributed by atoms with Crippen molar-refractivity contribution in [2.45, 2.75) is 13.5 Å². The van der Waals surface area contributed by atoms with E-state index in [0.29, 0.717) is 24.6 Å². The molecule has 0 saturated heterocycles. The van der Waals surface area contributed by atoms with Crippen LogP contribution in [0.3, 0.4) is 0 Å². The van der Waals surface area contributed by atoms with Gasteiger partial charge in [-0.15, -0.1) is 0 Å². The van der Waals surface area contributed by atoms with E-state index in [-0.39, 0.29) is 5.56 Å². The van der Waals surface area contributed by atoms with Gasteiger partial charge in [0, 0.05) is 11.8 Å². The van der Waals surface area contributed by atoms with Gasteiger partial charge in [0.2, 0.25) is 0 Å². The molecule has 1 heterocycles. The van der Waals surface area contributed by atoms with Crippen molar-refractivity contribution in [3.8, 4) is 5.75 Å². The third-order valence-electron chi connectivity index (χ3n) is 2.76. The van der Waals surface area contributed by atoms with E-state index < -0.39 is 0 Å². The number of nitrogen functional groups attached to an aromatic ring is 1. The standard InChI is InChI=1S/C14H16N2O2/c1-11-5-4-8-14(17)16(11)9-10-18-13-7-3-2-6-12(13)15/h2-8H,9-10,15H2,1H3. The molecule has 0 unspecified atom stereocenters. The largest absolute Gasteiger partial charge is 0.490 e. The Labute approximate surface area is 106 Å². The summed E-state index contributed by atoms with van der Waals surface area (Å²) in [6, 6.07) is 12.5. The summed E-state index contributed by atoms with van der Waals surface area (Å²) in [6.07, 6.45) is 0. The average molecular weight is 244 g/mol. The smallest absolute Gasteiger partial charge is 0.250 e. The van der Waals surface area contributed by atoms with E-state index in [1.165, 1.54) is 0 Å². The second-order valence-electron chi connectivity index (χ2n) is 4.04. The van der Waals surface area contributed by atoms with Crippen molar-refractivity contribution >= 4 is 5.69 Å². The highest BCUT2D eigenvalue weighted by Crippen LogP contribution is 2.19. The molecule has 0 aliphatic rings. The van der Waals surface area contributed by atoms with E-state index in [0.717, 1.165) is 5.69 Å². The topological polar surface area (TPSA) is 57.2 Å². The molecule has 0 radical (unpaired) electrons. The number of hydrogen-bond donors (Lipinski definition) is 1. The Kier molecular flexibility index (Phi) is 3.67. The fraction of sp³-hybridized carbons (Fsp3) is 0.214. The highest BCUT2D eigenvalue weighted by molar-refractivity contribution is 5.51. The average Bonchev–Trinajstić information content (AvgIpc) is 2.35. The molecule has 0 bridgehead atoms. The first-order valence-corrected chi connectivity index (χ1v) is 5.82. The van der Waals surface area contributed by atoms with Crippen molar-refractivity contribution in [3.63, 3.8) is 0 Å². The summed E-state index contributed by atoms with van der Waals surface area (Å²) in [4.78, 5) is 11.6. The van der Waals surface area contributed by atoms with Gasteiger partial charge < -0.3 is 15.0 Å². The molecule has 0 aliphatic heterocycles. The first kappa shape index (κ1) is 12.2. The van der Waals surface area contributed by atoms with Gasteiger partial charge in [0.25, 0.3) is 5.56 Å². The maximum absolute atomic E-state index is 11.6. The number of ether oxygens (including phenoxy) is 1. The van der Waals surface area contributed by atoms with Crippen LogP contribution in [-0.2, 0) is 6.54 Å².